The van der Waals surface area contributed by atoms with E-state index in [9.17, 15) is 4.79 Å². The van der Waals surface area contributed by atoms with Crippen LogP contribution in [0.5, 0.6) is 0 Å². The van der Waals surface area contributed by atoms with Crippen molar-refractivity contribution in [3.05, 3.63) is 53.4 Å². The van der Waals surface area contributed by atoms with Crippen molar-refractivity contribution in [1.82, 2.24) is 24.8 Å². The van der Waals surface area contributed by atoms with Gasteiger partial charge in [-0.25, -0.2) is 9.97 Å². The molecule has 0 aromatic carbocycles. The Kier molecular flexibility index (Phi) is 4.93. The Hall–Kier alpha value is -2.34. The van der Waals surface area contributed by atoms with Crippen molar-refractivity contribution in [1.29, 1.82) is 0 Å². The smallest absolute Gasteiger partial charge is 0.219 e. The van der Waals surface area contributed by atoms with Gasteiger partial charge in [-0.3, -0.25) is 14.7 Å². The molecule has 136 valence electrons. The van der Waals surface area contributed by atoms with E-state index in [1.807, 2.05) is 23.5 Å². The zero-order valence-corrected chi connectivity index (χ0v) is 15.3. The fraction of sp³-hybridized carbons (Fsp3) is 0.500. The summed E-state index contributed by atoms with van der Waals surface area (Å²) in [5.41, 5.74) is 3.70. The fourth-order valence-electron chi connectivity index (χ4n) is 3.94. The maximum absolute atomic E-state index is 11.7. The van der Waals surface area contributed by atoms with Crippen molar-refractivity contribution >= 4 is 5.91 Å². The summed E-state index contributed by atoms with van der Waals surface area (Å²) >= 11 is 0. The second kappa shape index (κ2) is 7.50. The van der Waals surface area contributed by atoms with Gasteiger partial charge in [-0.15, -0.1) is 0 Å². The van der Waals surface area contributed by atoms with E-state index in [1.54, 1.807) is 6.92 Å². The molecule has 26 heavy (non-hydrogen) atoms. The number of fused-ring (bicyclic) bond motifs is 1. The molecule has 2 aromatic rings. The molecule has 6 heteroatoms. The summed E-state index contributed by atoms with van der Waals surface area (Å²) in [6, 6.07) is 4.14. The highest BCUT2D eigenvalue weighted by Crippen LogP contribution is 2.26. The van der Waals surface area contributed by atoms with Crippen molar-refractivity contribution in [3.63, 3.8) is 0 Å². The molecule has 6 nitrogen and oxygen atoms in total. The van der Waals surface area contributed by atoms with Gasteiger partial charge in [0.1, 0.15) is 5.82 Å². The van der Waals surface area contributed by atoms with Crippen LogP contribution < -0.4 is 0 Å². The summed E-state index contributed by atoms with van der Waals surface area (Å²) in [4.78, 5) is 29.7. The first-order chi connectivity index (χ1) is 12.7. The van der Waals surface area contributed by atoms with Gasteiger partial charge in [-0.1, -0.05) is 0 Å². The molecule has 0 spiro atoms. The molecule has 0 aliphatic carbocycles. The molecule has 2 aliphatic heterocycles. The van der Waals surface area contributed by atoms with Gasteiger partial charge in [-0.2, -0.15) is 0 Å². The predicted molar refractivity (Wildman–Crippen MR) is 98.3 cm³/mol. The van der Waals surface area contributed by atoms with Gasteiger partial charge < -0.3 is 4.90 Å². The number of pyridine rings is 1. The zero-order chi connectivity index (χ0) is 17.9. The van der Waals surface area contributed by atoms with E-state index in [0.29, 0.717) is 0 Å². The number of carbonyl (C=O) groups excluding carboxylic acids is 1. The van der Waals surface area contributed by atoms with E-state index in [2.05, 4.69) is 27.0 Å². The van der Waals surface area contributed by atoms with Crippen LogP contribution in [0.25, 0.3) is 0 Å². The average molecular weight is 351 g/mol. The molecule has 1 fully saturated rings. The number of aromatic nitrogens is 3. The number of likely N-dealkylation sites (tertiary alicyclic amines) is 1. The first-order valence-electron chi connectivity index (χ1n) is 9.40. The number of hydrogen-bond acceptors (Lipinski definition) is 5. The third-order valence-electron chi connectivity index (χ3n) is 5.42. The fourth-order valence-corrected chi connectivity index (χ4v) is 3.94. The lowest BCUT2D eigenvalue weighted by molar-refractivity contribution is -0.130. The van der Waals surface area contributed by atoms with Crippen LogP contribution in [0.3, 0.4) is 0 Å². The van der Waals surface area contributed by atoms with E-state index in [1.165, 1.54) is 16.8 Å². The molecular formula is C20H25N5O. The normalized spacial score (nSPS) is 20.7. The average Bonchev–Trinajstić information content (AvgIpc) is 2.68. The van der Waals surface area contributed by atoms with Gasteiger partial charge in [0, 0.05) is 81.8 Å². The SMILES string of the molecule is CC(=O)N1CCCC(c2ncc3c(n2)CCN(Cc2ccncc2)C3)C1. The molecule has 4 rings (SSSR count). The van der Waals surface area contributed by atoms with Crippen LogP contribution in [0.2, 0.25) is 0 Å². The molecule has 1 unspecified atom stereocenters. The lowest BCUT2D eigenvalue weighted by atomic mass is 9.96. The second-order valence-corrected chi connectivity index (χ2v) is 7.32. The zero-order valence-electron chi connectivity index (χ0n) is 15.3. The molecule has 1 saturated heterocycles. The lowest BCUT2D eigenvalue weighted by Gasteiger charge is -2.32. The summed E-state index contributed by atoms with van der Waals surface area (Å²) in [7, 11) is 0. The summed E-state index contributed by atoms with van der Waals surface area (Å²) in [5.74, 6) is 1.34. The van der Waals surface area contributed by atoms with Gasteiger partial charge in [0.2, 0.25) is 5.91 Å². The number of amides is 1. The van der Waals surface area contributed by atoms with Crippen LogP contribution in [0.15, 0.2) is 30.7 Å². The van der Waals surface area contributed by atoms with Crippen LogP contribution in [0, 0.1) is 0 Å². The molecule has 1 atom stereocenters. The number of piperidine rings is 1. The summed E-state index contributed by atoms with van der Waals surface area (Å²) in [6.07, 6.45) is 8.75. The quantitative estimate of drug-likeness (QED) is 0.848. The van der Waals surface area contributed by atoms with E-state index in [4.69, 9.17) is 4.98 Å². The molecule has 2 aromatic heterocycles. The maximum Gasteiger partial charge on any atom is 0.219 e. The van der Waals surface area contributed by atoms with Crippen molar-refractivity contribution in [2.24, 2.45) is 0 Å². The highest BCUT2D eigenvalue weighted by atomic mass is 16.2. The summed E-state index contributed by atoms with van der Waals surface area (Å²) < 4.78 is 0. The minimum atomic E-state index is 0.152. The molecule has 0 saturated carbocycles. The van der Waals surface area contributed by atoms with Crippen LogP contribution in [-0.2, 0) is 24.3 Å². The lowest BCUT2D eigenvalue weighted by Crippen LogP contribution is -2.38. The molecule has 0 N–H and O–H groups in total. The Morgan fingerprint density at radius 2 is 2.12 bits per heavy atom. The van der Waals surface area contributed by atoms with E-state index in [-0.39, 0.29) is 11.8 Å². The van der Waals surface area contributed by atoms with E-state index in [0.717, 1.165) is 57.8 Å². The predicted octanol–water partition coefficient (Wildman–Crippen LogP) is 2.16. The minimum Gasteiger partial charge on any atom is -0.342 e. The van der Waals surface area contributed by atoms with Crippen LogP contribution >= 0.6 is 0 Å². The second-order valence-electron chi connectivity index (χ2n) is 7.32. The van der Waals surface area contributed by atoms with E-state index < -0.39 is 0 Å². The third kappa shape index (κ3) is 3.75. The molecule has 2 aliphatic rings. The Morgan fingerprint density at radius 3 is 2.92 bits per heavy atom. The van der Waals surface area contributed by atoms with Crippen molar-refractivity contribution in [2.75, 3.05) is 19.6 Å². The topological polar surface area (TPSA) is 62.2 Å². The third-order valence-corrected chi connectivity index (χ3v) is 5.42. The van der Waals surface area contributed by atoms with Crippen LogP contribution in [-0.4, -0.2) is 50.3 Å². The van der Waals surface area contributed by atoms with Crippen LogP contribution in [0.1, 0.15) is 48.3 Å². The first kappa shape index (κ1) is 17.1. The highest BCUT2D eigenvalue weighted by molar-refractivity contribution is 5.73. The summed E-state index contributed by atoms with van der Waals surface area (Å²) in [5, 5.41) is 0. The highest BCUT2D eigenvalue weighted by Gasteiger charge is 2.26. The standard InChI is InChI=1S/C20H25N5O/c1-15(26)25-9-2-3-17(14-25)20-22-11-18-13-24(10-6-19(18)23-20)12-16-4-7-21-8-5-16/h4-5,7-8,11,17H,2-3,6,9-10,12-14H2,1H3. The van der Waals surface area contributed by atoms with Gasteiger partial charge in [0.15, 0.2) is 0 Å². The molecule has 1 amide bonds. The van der Waals surface area contributed by atoms with Crippen LogP contribution in [0.4, 0.5) is 0 Å². The Balaban J connectivity index is 1.44. The number of nitrogens with zero attached hydrogens (tertiary/aromatic N) is 5. The number of rotatable bonds is 3. The largest absolute Gasteiger partial charge is 0.342 e. The van der Waals surface area contributed by atoms with Crippen molar-refractivity contribution < 1.29 is 4.79 Å². The molecule has 0 radical (unpaired) electrons. The molecular weight excluding hydrogens is 326 g/mol. The Labute approximate surface area is 154 Å². The first-order valence-corrected chi connectivity index (χ1v) is 9.40. The molecule has 0 bridgehead atoms. The maximum atomic E-state index is 11.7. The van der Waals surface area contributed by atoms with Gasteiger partial charge in [0.25, 0.3) is 0 Å². The monoisotopic (exact) mass is 351 g/mol. The van der Waals surface area contributed by atoms with Crippen molar-refractivity contribution in [2.45, 2.75) is 45.2 Å². The number of hydrogen-bond donors (Lipinski definition) is 0. The van der Waals surface area contributed by atoms with E-state index >= 15 is 0 Å². The van der Waals surface area contributed by atoms with Crippen molar-refractivity contribution in [3.8, 4) is 0 Å². The number of carbonyl (C=O) groups is 1. The van der Waals surface area contributed by atoms with Gasteiger partial charge >= 0.3 is 0 Å². The Morgan fingerprint density at radius 1 is 1.27 bits per heavy atom. The van der Waals surface area contributed by atoms with Gasteiger partial charge in [0.05, 0.1) is 0 Å². The summed E-state index contributed by atoms with van der Waals surface area (Å²) in [6.45, 7) is 6.09. The Bertz CT molecular complexity index is 779. The minimum absolute atomic E-state index is 0.152. The van der Waals surface area contributed by atoms with Gasteiger partial charge in [-0.05, 0) is 30.5 Å². The molecule has 4 heterocycles.